The minimum absolute atomic E-state index is 1.03. The summed E-state index contributed by atoms with van der Waals surface area (Å²) < 4.78 is 5.08. The molecule has 6 aromatic heterocycles. The van der Waals surface area contributed by atoms with Crippen molar-refractivity contribution in [1.82, 2.24) is 18.8 Å². The Labute approximate surface area is 359 Å². The van der Waals surface area contributed by atoms with Crippen LogP contribution in [0.15, 0.2) is 231 Å². The fraction of sp³-hybridized carbons (Fsp3) is 0. The number of aromatic amines is 2. The number of nitrogens with one attached hydrogen (secondary N) is 2. The molecule has 0 saturated heterocycles. The van der Waals surface area contributed by atoms with Crippen molar-refractivity contribution >= 4 is 44.1 Å². The van der Waals surface area contributed by atoms with Crippen LogP contribution in [-0.2, 0) is 0 Å². The Morgan fingerprint density at radius 1 is 0.210 bits per heavy atom. The number of benzene rings is 6. The summed E-state index contributed by atoms with van der Waals surface area (Å²) in [5.41, 5.74) is 21.6. The Balaban J connectivity index is 1.53. The minimum atomic E-state index is 1.03. The Kier molecular flexibility index (Phi) is 8.46. The van der Waals surface area contributed by atoms with Crippen LogP contribution in [0.3, 0.4) is 0 Å². The van der Waals surface area contributed by atoms with Gasteiger partial charge in [0.1, 0.15) is 0 Å². The topological polar surface area (TPSA) is 40.4 Å². The van der Waals surface area contributed by atoms with Crippen LogP contribution in [0.1, 0.15) is 0 Å². The Hall–Kier alpha value is -8.34. The van der Waals surface area contributed by atoms with E-state index in [1.807, 2.05) is 0 Å². The van der Waals surface area contributed by atoms with Gasteiger partial charge >= 0.3 is 0 Å². The molecular formula is C58H40N4. The van der Waals surface area contributed by atoms with Crippen molar-refractivity contribution in [3.05, 3.63) is 231 Å². The lowest BCUT2D eigenvalue weighted by atomic mass is 10.0. The van der Waals surface area contributed by atoms with Crippen molar-refractivity contribution in [2.24, 2.45) is 0 Å². The van der Waals surface area contributed by atoms with Gasteiger partial charge in [-0.1, -0.05) is 182 Å². The molecule has 292 valence electrons. The first kappa shape index (κ1) is 35.6. The number of nitrogens with zero attached hydrogens (tertiary/aromatic N) is 2. The van der Waals surface area contributed by atoms with Gasteiger partial charge in [-0.05, 0) is 70.8 Å². The Morgan fingerprint density at radius 3 is 0.645 bits per heavy atom. The third-order valence-corrected chi connectivity index (χ3v) is 12.3. The fourth-order valence-corrected chi connectivity index (χ4v) is 9.63. The summed E-state index contributed by atoms with van der Waals surface area (Å²) >= 11 is 0. The van der Waals surface area contributed by atoms with Crippen LogP contribution >= 0.6 is 0 Å². The molecule has 0 saturated carbocycles. The molecule has 6 aromatic carbocycles. The molecule has 0 aliphatic carbocycles. The molecule has 0 amide bonds. The second-order valence-electron chi connectivity index (χ2n) is 15.8. The normalized spacial score (nSPS) is 11.5. The second-order valence-corrected chi connectivity index (χ2v) is 15.8. The summed E-state index contributed by atoms with van der Waals surface area (Å²) in [5.74, 6) is 0. The molecule has 0 fully saturated rings. The average Bonchev–Trinajstić information content (AvgIpc) is 4.17. The van der Waals surface area contributed by atoms with E-state index in [1.54, 1.807) is 0 Å². The van der Waals surface area contributed by atoms with E-state index in [1.165, 1.54) is 0 Å². The fourth-order valence-electron chi connectivity index (χ4n) is 9.63. The molecule has 2 N–H and O–H groups in total. The van der Waals surface area contributed by atoms with Gasteiger partial charge in [0.05, 0.1) is 33.5 Å². The lowest BCUT2D eigenvalue weighted by molar-refractivity contribution is 1.20. The van der Waals surface area contributed by atoms with Gasteiger partial charge in [0, 0.05) is 55.4 Å². The standard InChI is InChI=1S/C58H40N4/c1-7-19-39(20-8-1)53-45-31-32-46(59-45)54(40-21-9-2-10-22-40)51-37-38-52-56(42-25-13-4-14-26-42)48-34-33-47(60-48)55(41-23-11-3-12-24-41)50-36-35-49(53)61(50)57(43-27-15-5-16-28-43)58(62(51)52)44-29-17-6-18-30-44/h1-38,59-60H. The van der Waals surface area contributed by atoms with Crippen molar-refractivity contribution in [1.29, 1.82) is 0 Å². The van der Waals surface area contributed by atoms with E-state index in [9.17, 15) is 0 Å². The van der Waals surface area contributed by atoms with Gasteiger partial charge in [-0.25, -0.2) is 0 Å². The number of hydrogen-bond donors (Lipinski definition) is 2. The monoisotopic (exact) mass is 792 g/mol. The van der Waals surface area contributed by atoms with E-state index < -0.39 is 0 Å². The number of H-pyrrole nitrogens is 2. The van der Waals surface area contributed by atoms with E-state index in [0.717, 1.165) is 111 Å². The van der Waals surface area contributed by atoms with Crippen LogP contribution in [0.25, 0.3) is 111 Å². The highest BCUT2D eigenvalue weighted by atomic mass is 15.0. The molecule has 0 aliphatic heterocycles. The molecule has 4 nitrogen and oxygen atoms in total. The highest BCUT2D eigenvalue weighted by Gasteiger charge is 2.23. The third-order valence-electron chi connectivity index (χ3n) is 12.3. The van der Waals surface area contributed by atoms with Crippen molar-refractivity contribution < 1.29 is 0 Å². The number of aromatic nitrogens is 4. The van der Waals surface area contributed by atoms with Crippen LogP contribution in [0.4, 0.5) is 0 Å². The molecule has 62 heavy (non-hydrogen) atoms. The van der Waals surface area contributed by atoms with Gasteiger partial charge in [0.25, 0.3) is 0 Å². The summed E-state index contributed by atoms with van der Waals surface area (Å²) in [6, 6.07) is 83.6. The Bertz CT molecular complexity index is 3200. The first-order valence-corrected chi connectivity index (χ1v) is 21.2. The van der Waals surface area contributed by atoms with Crippen LogP contribution in [0.5, 0.6) is 0 Å². The molecule has 12 aromatic rings. The zero-order valence-electron chi connectivity index (χ0n) is 33.8. The van der Waals surface area contributed by atoms with Crippen LogP contribution in [0, 0.1) is 0 Å². The van der Waals surface area contributed by atoms with Crippen molar-refractivity contribution in [3.8, 4) is 67.0 Å². The van der Waals surface area contributed by atoms with Crippen LogP contribution in [-0.4, -0.2) is 18.8 Å². The van der Waals surface area contributed by atoms with E-state index in [-0.39, 0.29) is 0 Å². The van der Waals surface area contributed by atoms with Crippen molar-refractivity contribution in [3.63, 3.8) is 0 Å². The predicted octanol–water partition coefficient (Wildman–Crippen LogP) is 15.4. The van der Waals surface area contributed by atoms with E-state index in [2.05, 4.69) is 249 Å². The van der Waals surface area contributed by atoms with Crippen LogP contribution < -0.4 is 0 Å². The molecule has 0 radical (unpaired) electrons. The minimum Gasteiger partial charge on any atom is -0.354 e. The largest absolute Gasteiger partial charge is 0.354 e. The van der Waals surface area contributed by atoms with Gasteiger partial charge in [-0.15, -0.1) is 0 Å². The molecule has 12 rings (SSSR count). The first-order chi connectivity index (χ1) is 30.8. The third kappa shape index (κ3) is 5.76. The highest BCUT2D eigenvalue weighted by molar-refractivity contribution is 6.06. The average molecular weight is 793 g/mol. The molecule has 0 unspecified atom stereocenters. The lowest BCUT2D eigenvalue weighted by Gasteiger charge is -2.18. The zero-order chi connectivity index (χ0) is 41.0. The summed E-state index contributed by atoms with van der Waals surface area (Å²) in [5, 5.41) is 0. The molecule has 6 heterocycles. The quantitative estimate of drug-likeness (QED) is 0.168. The van der Waals surface area contributed by atoms with E-state index in [0.29, 0.717) is 0 Å². The van der Waals surface area contributed by atoms with E-state index in [4.69, 9.17) is 0 Å². The predicted molar refractivity (Wildman–Crippen MR) is 260 cm³/mol. The number of fused-ring (bicyclic) bond motifs is 5. The number of hydrogen-bond acceptors (Lipinski definition) is 0. The maximum absolute atomic E-state index is 4.03. The highest BCUT2D eigenvalue weighted by Crippen LogP contribution is 2.44. The van der Waals surface area contributed by atoms with Crippen LogP contribution in [0.2, 0.25) is 0 Å². The summed E-state index contributed by atoms with van der Waals surface area (Å²) in [6.07, 6.45) is 0. The molecule has 4 heteroatoms. The first-order valence-electron chi connectivity index (χ1n) is 21.2. The van der Waals surface area contributed by atoms with Gasteiger partial charge in [-0.3, -0.25) is 0 Å². The van der Waals surface area contributed by atoms with Gasteiger partial charge in [0.15, 0.2) is 0 Å². The maximum Gasteiger partial charge on any atom is 0.0782 e. The molecular weight excluding hydrogens is 753 g/mol. The van der Waals surface area contributed by atoms with Crippen molar-refractivity contribution in [2.75, 3.05) is 0 Å². The zero-order valence-corrected chi connectivity index (χ0v) is 33.8. The van der Waals surface area contributed by atoms with Crippen molar-refractivity contribution in [2.45, 2.75) is 0 Å². The Morgan fingerprint density at radius 2 is 0.419 bits per heavy atom. The van der Waals surface area contributed by atoms with Gasteiger partial charge in [0.2, 0.25) is 0 Å². The lowest BCUT2D eigenvalue weighted by Crippen LogP contribution is -2.01. The summed E-state index contributed by atoms with van der Waals surface area (Å²) in [6.45, 7) is 0. The number of rotatable bonds is 6. The summed E-state index contributed by atoms with van der Waals surface area (Å²) in [7, 11) is 0. The SMILES string of the molecule is c1ccc(-c2c3ccc([nH]3)c(-c3ccccc3)c3ccc4c(-c5ccccc5)c5ccc([nH]5)c(-c5ccccc5)c5ccc2n5c(-c2ccccc2)c(-c2ccccc2)n34)cc1. The second kappa shape index (κ2) is 14.7. The van der Waals surface area contributed by atoms with Gasteiger partial charge in [-0.2, -0.15) is 0 Å². The molecule has 0 atom stereocenters. The maximum atomic E-state index is 4.03. The summed E-state index contributed by atoms with van der Waals surface area (Å²) in [4.78, 5) is 8.06. The van der Waals surface area contributed by atoms with Gasteiger partial charge < -0.3 is 18.8 Å². The molecule has 0 spiro atoms. The molecule has 0 aliphatic rings. The van der Waals surface area contributed by atoms with E-state index >= 15 is 0 Å². The molecule has 6 bridgehead atoms. The smallest absolute Gasteiger partial charge is 0.0782 e.